The van der Waals surface area contributed by atoms with Crippen molar-refractivity contribution in [2.45, 2.75) is 0 Å². The van der Waals surface area contributed by atoms with Crippen molar-refractivity contribution in [3.63, 3.8) is 0 Å². The van der Waals surface area contributed by atoms with Gasteiger partial charge in [0.1, 0.15) is 11.8 Å². The SMILES string of the molecule is Nc1ncnn2c(C(=O)O)cc(Br)c12. The number of carbonyl (C=O) groups is 1. The maximum Gasteiger partial charge on any atom is 0.354 e. The van der Waals surface area contributed by atoms with Gasteiger partial charge in [0.05, 0.1) is 0 Å². The van der Waals surface area contributed by atoms with E-state index in [-0.39, 0.29) is 11.5 Å². The number of aromatic carboxylic acids is 1. The van der Waals surface area contributed by atoms with E-state index in [1.807, 2.05) is 0 Å². The van der Waals surface area contributed by atoms with Gasteiger partial charge in [-0.25, -0.2) is 14.3 Å². The maximum atomic E-state index is 10.8. The Bertz CT molecular complexity index is 522. The molecule has 0 unspecified atom stereocenters. The van der Waals surface area contributed by atoms with Gasteiger partial charge in [-0.3, -0.25) is 0 Å². The molecule has 2 aromatic heterocycles. The molecule has 0 bridgehead atoms. The fourth-order valence-corrected chi connectivity index (χ4v) is 1.76. The quantitative estimate of drug-likeness (QED) is 0.786. The number of nitrogen functional groups attached to an aromatic ring is 1. The Morgan fingerprint density at radius 3 is 3.00 bits per heavy atom. The number of hydrogen-bond donors (Lipinski definition) is 2. The minimum atomic E-state index is -1.07. The Morgan fingerprint density at radius 2 is 2.36 bits per heavy atom. The third kappa shape index (κ3) is 1.13. The number of carboxylic acid groups (broad SMARTS) is 1. The molecular weight excluding hydrogens is 252 g/mol. The van der Waals surface area contributed by atoms with Gasteiger partial charge in [0, 0.05) is 4.47 Å². The largest absolute Gasteiger partial charge is 0.477 e. The van der Waals surface area contributed by atoms with Crippen molar-refractivity contribution in [3.8, 4) is 0 Å². The number of nitrogens with zero attached hydrogens (tertiary/aromatic N) is 3. The first-order chi connectivity index (χ1) is 6.61. The number of anilines is 1. The lowest BCUT2D eigenvalue weighted by Gasteiger charge is -1.98. The van der Waals surface area contributed by atoms with Crippen LogP contribution in [0.2, 0.25) is 0 Å². The Labute approximate surface area is 86.5 Å². The number of halogens is 1. The number of aromatic nitrogens is 3. The molecule has 6 nitrogen and oxygen atoms in total. The van der Waals surface area contributed by atoms with E-state index in [1.54, 1.807) is 0 Å². The summed E-state index contributed by atoms with van der Waals surface area (Å²) in [6, 6.07) is 1.43. The predicted octanol–water partition coefficient (Wildman–Crippen LogP) is 0.772. The monoisotopic (exact) mass is 256 g/mol. The molecule has 0 atom stereocenters. The molecule has 0 aliphatic carbocycles. The fourth-order valence-electron chi connectivity index (χ4n) is 1.18. The minimum Gasteiger partial charge on any atom is -0.477 e. The summed E-state index contributed by atoms with van der Waals surface area (Å²) in [6.07, 6.45) is 1.21. The first-order valence-electron chi connectivity index (χ1n) is 3.62. The normalized spacial score (nSPS) is 10.6. The molecule has 2 aromatic rings. The summed E-state index contributed by atoms with van der Waals surface area (Å²) in [6.45, 7) is 0. The molecule has 0 aliphatic rings. The molecule has 2 heterocycles. The second kappa shape index (κ2) is 2.95. The van der Waals surface area contributed by atoms with Crippen LogP contribution >= 0.6 is 15.9 Å². The molecule has 0 radical (unpaired) electrons. The average Bonchev–Trinajstić information content (AvgIpc) is 2.45. The van der Waals surface area contributed by atoms with Crippen LogP contribution in [0.3, 0.4) is 0 Å². The molecule has 3 N–H and O–H groups in total. The highest BCUT2D eigenvalue weighted by atomic mass is 79.9. The zero-order valence-corrected chi connectivity index (χ0v) is 8.39. The van der Waals surface area contributed by atoms with Gasteiger partial charge >= 0.3 is 5.97 Å². The van der Waals surface area contributed by atoms with Crippen LogP contribution in [0.5, 0.6) is 0 Å². The third-order valence-corrected chi connectivity index (χ3v) is 2.36. The summed E-state index contributed by atoms with van der Waals surface area (Å²) in [7, 11) is 0. The van der Waals surface area contributed by atoms with Crippen LogP contribution in [-0.2, 0) is 0 Å². The van der Waals surface area contributed by atoms with Crippen LogP contribution in [0.25, 0.3) is 5.52 Å². The van der Waals surface area contributed by atoms with Crippen LogP contribution in [0, 0.1) is 0 Å². The van der Waals surface area contributed by atoms with Gasteiger partial charge in [-0.15, -0.1) is 0 Å². The predicted molar refractivity (Wildman–Crippen MR) is 52.1 cm³/mol. The summed E-state index contributed by atoms with van der Waals surface area (Å²) < 4.78 is 1.79. The standard InChI is InChI=1S/C7H5BrN4O2/c8-3-1-4(7(13)14)12-5(3)6(9)10-2-11-12/h1-2H,(H,13,14)(H2,9,10,11). The second-order valence-electron chi connectivity index (χ2n) is 2.59. The van der Waals surface area contributed by atoms with E-state index in [1.165, 1.54) is 16.9 Å². The van der Waals surface area contributed by atoms with Gasteiger partial charge in [-0.1, -0.05) is 0 Å². The zero-order valence-electron chi connectivity index (χ0n) is 6.81. The van der Waals surface area contributed by atoms with Gasteiger partial charge in [0.25, 0.3) is 0 Å². The second-order valence-corrected chi connectivity index (χ2v) is 3.44. The maximum absolute atomic E-state index is 10.8. The van der Waals surface area contributed by atoms with Crippen LogP contribution in [-0.4, -0.2) is 25.7 Å². The van der Waals surface area contributed by atoms with Gasteiger partial charge in [0.15, 0.2) is 11.5 Å². The number of nitrogens with two attached hydrogens (primary N) is 1. The van der Waals surface area contributed by atoms with Crippen LogP contribution < -0.4 is 5.73 Å². The minimum absolute atomic E-state index is 0.0426. The van der Waals surface area contributed by atoms with Crippen molar-refractivity contribution >= 4 is 33.2 Å². The Hall–Kier alpha value is -1.63. The van der Waals surface area contributed by atoms with Gasteiger partial charge in [-0.2, -0.15) is 5.10 Å². The first-order valence-corrected chi connectivity index (χ1v) is 4.41. The summed E-state index contributed by atoms with van der Waals surface area (Å²) in [4.78, 5) is 14.6. The molecule has 0 fully saturated rings. The lowest BCUT2D eigenvalue weighted by atomic mass is 10.4. The summed E-state index contributed by atoms with van der Waals surface area (Å²) >= 11 is 3.19. The summed E-state index contributed by atoms with van der Waals surface area (Å²) in [5.74, 6) is -0.830. The van der Waals surface area contributed by atoms with Crippen LogP contribution in [0.1, 0.15) is 10.5 Å². The average molecular weight is 257 g/mol. The molecule has 7 heteroatoms. The van der Waals surface area contributed by atoms with Gasteiger partial charge < -0.3 is 10.8 Å². The van der Waals surface area contributed by atoms with E-state index in [0.29, 0.717) is 9.99 Å². The van der Waals surface area contributed by atoms with Crippen molar-refractivity contribution in [2.75, 3.05) is 5.73 Å². The molecule has 0 amide bonds. The lowest BCUT2D eigenvalue weighted by molar-refractivity contribution is 0.0688. The summed E-state index contributed by atoms with van der Waals surface area (Å²) in [5, 5.41) is 12.6. The van der Waals surface area contributed by atoms with Gasteiger partial charge in [0.2, 0.25) is 0 Å². The van der Waals surface area contributed by atoms with E-state index in [2.05, 4.69) is 26.0 Å². The number of fused-ring (bicyclic) bond motifs is 1. The van der Waals surface area contributed by atoms with Crippen LogP contribution in [0.4, 0.5) is 5.82 Å². The first kappa shape index (κ1) is 8.95. The number of hydrogen-bond acceptors (Lipinski definition) is 4. The van der Waals surface area contributed by atoms with Crippen molar-refractivity contribution < 1.29 is 9.90 Å². The molecule has 0 saturated carbocycles. The molecular formula is C7H5BrN4O2. The van der Waals surface area contributed by atoms with Crippen molar-refractivity contribution in [2.24, 2.45) is 0 Å². The van der Waals surface area contributed by atoms with Crippen molar-refractivity contribution in [1.82, 2.24) is 14.6 Å². The van der Waals surface area contributed by atoms with E-state index in [9.17, 15) is 4.79 Å². The highest BCUT2D eigenvalue weighted by Crippen LogP contribution is 2.24. The van der Waals surface area contributed by atoms with E-state index < -0.39 is 5.97 Å². The highest BCUT2D eigenvalue weighted by molar-refractivity contribution is 9.10. The van der Waals surface area contributed by atoms with Crippen LogP contribution in [0.15, 0.2) is 16.9 Å². The molecule has 0 aliphatic heterocycles. The smallest absolute Gasteiger partial charge is 0.354 e. The van der Waals surface area contributed by atoms with E-state index >= 15 is 0 Å². The Morgan fingerprint density at radius 1 is 1.64 bits per heavy atom. The molecule has 0 spiro atoms. The summed E-state index contributed by atoms with van der Waals surface area (Å²) in [5.41, 5.74) is 6.08. The third-order valence-electron chi connectivity index (χ3n) is 1.76. The van der Waals surface area contributed by atoms with Crippen molar-refractivity contribution in [1.29, 1.82) is 0 Å². The van der Waals surface area contributed by atoms with E-state index in [0.717, 1.165) is 0 Å². The van der Waals surface area contributed by atoms with Gasteiger partial charge in [-0.05, 0) is 22.0 Å². The zero-order chi connectivity index (χ0) is 10.3. The topological polar surface area (TPSA) is 93.5 Å². The number of carboxylic acids is 1. The molecule has 0 aromatic carbocycles. The molecule has 72 valence electrons. The Balaban J connectivity index is 2.91. The number of rotatable bonds is 1. The fraction of sp³-hybridized carbons (Fsp3) is 0. The molecule has 2 rings (SSSR count). The molecule has 14 heavy (non-hydrogen) atoms. The highest BCUT2D eigenvalue weighted by Gasteiger charge is 2.15. The van der Waals surface area contributed by atoms with Crippen molar-refractivity contribution in [3.05, 3.63) is 22.6 Å². The Kier molecular flexibility index (Phi) is 1.88. The molecule has 0 saturated heterocycles. The van der Waals surface area contributed by atoms with E-state index in [4.69, 9.17) is 10.8 Å². The lowest BCUT2D eigenvalue weighted by Crippen LogP contribution is -2.06.